The highest BCUT2D eigenvalue weighted by Gasteiger charge is 2.12. The Hall–Kier alpha value is -2.36. The molecule has 0 radical (unpaired) electrons. The topological polar surface area (TPSA) is 31.2 Å². The number of halogens is 1. The number of aromatic nitrogens is 1. The van der Waals surface area contributed by atoms with Crippen molar-refractivity contribution in [3.05, 3.63) is 58.1 Å². The zero-order chi connectivity index (χ0) is 13.6. The molecule has 0 saturated heterocycles. The van der Waals surface area contributed by atoms with Crippen LogP contribution in [0.5, 0.6) is 0 Å². The Morgan fingerprint density at radius 3 is 2.47 bits per heavy atom. The monoisotopic (exact) mass is 257 g/mol. The second-order valence-electron chi connectivity index (χ2n) is 4.45. The fourth-order valence-corrected chi connectivity index (χ4v) is 2.36. The van der Waals surface area contributed by atoms with E-state index in [1.165, 1.54) is 13.2 Å². The lowest BCUT2D eigenvalue weighted by Crippen LogP contribution is -2.25. The third kappa shape index (κ3) is 1.60. The summed E-state index contributed by atoms with van der Waals surface area (Å²) >= 11 is 0. The second-order valence-corrected chi connectivity index (χ2v) is 4.45. The molecule has 1 aromatic heterocycles. The zero-order valence-corrected chi connectivity index (χ0v) is 10.6. The van der Waals surface area contributed by atoms with Crippen LogP contribution >= 0.6 is 0 Å². The minimum atomic E-state index is -0.354. The van der Waals surface area contributed by atoms with Crippen molar-refractivity contribution in [2.75, 3.05) is 7.11 Å². The maximum atomic E-state index is 13.7. The van der Waals surface area contributed by atoms with Crippen LogP contribution in [0.3, 0.4) is 0 Å². The maximum absolute atomic E-state index is 13.7. The molecule has 0 saturated carbocycles. The van der Waals surface area contributed by atoms with Crippen molar-refractivity contribution in [1.82, 2.24) is 4.73 Å². The zero-order valence-electron chi connectivity index (χ0n) is 10.6. The molecule has 0 fully saturated rings. The van der Waals surface area contributed by atoms with E-state index in [2.05, 4.69) is 0 Å². The summed E-state index contributed by atoms with van der Waals surface area (Å²) < 4.78 is 14.9. The molecule has 19 heavy (non-hydrogen) atoms. The summed E-state index contributed by atoms with van der Waals surface area (Å²) in [5, 5.41) is 2.16. The predicted molar refractivity (Wildman–Crippen MR) is 72.9 cm³/mol. The highest BCUT2D eigenvalue weighted by atomic mass is 19.1. The van der Waals surface area contributed by atoms with E-state index in [4.69, 9.17) is 4.84 Å². The highest BCUT2D eigenvalue weighted by molar-refractivity contribution is 6.05. The Labute approximate surface area is 108 Å². The van der Waals surface area contributed by atoms with Gasteiger partial charge < -0.3 is 4.84 Å². The molecular formula is C15H12FNO2. The van der Waals surface area contributed by atoms with Gasteiger partial charge in [-0.15, -0.1) is 4.73 Å². The van der Waals surface area contributed by atoms with E-state index >= 15 is 0 Å². The summed E-state index contributed by atoms with van der Waals surface area (Å²) in [6.45, 7) is 1.70. The van der Waals surface area contributed by atoms with Gasteiger partial charge in [0.25, 0.3) is 5.56 Å². The number of aryl methyl sites for hydroxylation is 1. The average molecular weight is 257 g/mol. The van der Waals surface area contributed by atoms with Gasteiger partial charge in [-0.05, 0) is 30.0 Å². The van der Waals surface area contributed by atoms with Crippen molar-refractivity contribution in [3.63, 3.8) is 0 Å². The van der Waals surface area contributed by atoms with Crippen LogP contribution in [0, 0.1) is 12.7 Å². The van der Waals surface area contributed by atoms with Crippen LogP contribution in [-0.4, -0.2) is 11.8 Å². The van der Waals surface area contributed by atoms with Crippen molar-refractivity contribution in [3.8, 4) is 0 Å². The Kier molecular flexibility index (Phi) is 2.52. The van der Waals surface area contributed by atoms with E-state index in [0.717, 1.165) is 15.5 Å². The van der Waals surface area contributed by atoms with Gasteiger partial charge in [0.05, 0.1) is 10.9 Å². The summed E-state index contributed by atoms with van der Waals surface area (Å²) in [6, 6.07) is 10.3. The van der Waals surface area contributed by atoms with Crippen LogP contribution in [0.2, 0.25) is 0 Å². The molecule has 0 aliphatic rings. The summed E-state index contributed by atoms with van der Waals surface area (Å²) in [5.41, 5.74) is 0.696. The lowest BCUT2D eigenvalue weighted by molar-refractivity contribution is 0.170. The predicted octanol–water partition coefficient (Wildman–Crippen LogP) is 2.66. The normalized spacial score (nSPS) is 11.1. The standard InChI is InChI=1S/C15H12FNO2/c1-9-7-12-10-5-3-4-6-11(10)15(18)17(19-2)14(12)8-13(9)16/h3-8H,1-2H3. The lowest BCUT2D eigenvalue weighted by Gasteiger charge is -2.12. The van der Waals surface area contributed by atoms with E-state index in [-0.39, 0.29) is 11.4 Å². The molecule has 0 aliphatic heterocycles. The quantitative estimate of drug-likeness (QED) is 0.627. The minimum Gasteiger partial charge on any atom is -0.413 e. The molecular weight excluding hydrogens is 245 g/mol. The first-order valence-electron chi connectivity index (χ1n) is 5.91. The van der Waals surface area contributed by atoms with Crippen molar-refractivity contribution < 1.29 is 9.23 Å². The largest absolute Gasteiger partial charge is 0.413 e. The van der Waals surface area contributed by atoms with Crippen LogP contribution in [-0.2, 0) is 0 Å². The summed E-state index contributed by atoms with van der Waals surface area (Å²) in [6.07, 6.45) is 0. The van der Waals surface area contributed by atoms with Gasteiger partial charge in [0.1, 0.15) is 12.9 Å². The first-order chi connectivity index (χ1) is 9.13. The van der Waals surface area contributed by atoms with Gasteiger partial charge >= 0.3 is 0 Å². The Morgan fingerprint density at radius 1 is 1.11 bits per heavy atom. The van der Waals surface area contributed by atoms with Crippen LogP contribution in [0.25, 0.3) is 21.7 Å². The number of hydrogen-bond acceptors (Lipinski definition) is 2. The SMILES string of the molecule is COn1c(=O)c2ccccc2c2cc(C)c(F)cc21. The summed E-state index contributed by atoms with van der Waals surface area (Å²) in [5.74, 6) is -0.354. The van der Waals surface area contributed by atoms with Gasteiger partial charge in [-0.1, -0.05) is 18.2 Å². The first kappa shape index (κ1) is 11.7. The molecule has 3 aromatic rings. The van der Waals surface area contributed by atoms with Crippen molar-refractivity contribution in [1.29, 1.82) is 0 Å². The van der Waals surface area contributed by atoms with Gasteiger partial charge in [-0.25, -0.2) is 4.39 Å². The van der Waals surface area contributed by atoms with Crippen LogP contribution in [0.4, 0.5) is 4.39 Å². The van der Waals surface area contributed by atoms with Crippen molar-refractivity contribution in [2.45, 2.75) is 6.92 Å². The molecule has 0 N–H and O–H groups in total. The van der Waals surface area contributed by atoms with E-state index in [9.17, 15) is 9.18 Å². The summed E-state index contributed by atoms with van der Waals surface area (Å²) in [4.78, 5) is 17.4. The molecule has 4 heteroatoms. The number of pyridine rings is 1. The van der Waals surface area contributed by atoms with Crippen LogP contribution in [0.1, 0.15) is 5.56 Å². The van der Waals surface area contributed by atoms with Crippen LogP contribution in [0.15, 0.2) is 41.2 Å². The number of nitrogens with zero attached hydrogens (tertiary/aromatic N) is 1. The first-order valence-corrected chi connectivity index (χ1v) is 5.91. The Bertz CT molecular complexity index is 852. The molecule has 0 unspecified atom stereocenters. The van der Waals surface area contributed by atoms with E-state index in [1.54, 1.807) is 25.1 Å². The summed E-state index contributed by atoms with van der Waals surface area (Å²) in [7, 11) is 1.40. The number of benzene rings is 2. The Morgan fingerprint density at radius 2 is 1.79 bits per heavy atom. The molecule has 0 amide bonds. The lowest BCUT2D eigenvalue weighted by atomic mass is 10.0. The molecule has 0 bridgehead atoms. The molecule has 0 spiro atoms. The maximum Gasteiger partial charge on any atom is 0.291 e. The number of rotatable bonds is 1. The molecule has 0 atom stereocenters. The Balaban J connectivity index is 2.67. The van der Waals surface area contributed by atoms with Crippen molar-refractivity contribution >= 4 is 21.7 Å². The van der Waals surface area contributed by atoms with E-state index in [1.807, 2.05) is 12.1 Å². The highest BCUT2D eigenvalue weighted by Crippen LogP contribution is 2.24. The average Bonchev–Trinajstić information content (AvgIpc) is 2.42. The third-order valence-corrected chi connectivity index (χ3v) is 3.31. The van der Waals surface area contributed by atoms with Crippen LogP contribution < -0.4 is 10.4 Å². The third-order valence-electron chi connectivity index (χ3n) is 3.31. The number of fused-ring (bicyclic) bond motifs is 3. The number of hydrogen-bond donors (Lipinski definition) is 0. The molecule has 3 rings (SSSR count). The van der Waals surface area contributed by atoms with Gasteiger partial charge in [0.2, 0.25) is 0 Å². The molecule has 96 valence electrons. The van der Waals surface area contributed by atoms with E-state index < -0.39 is 0 Å². The van der Waals surface area contributed by atoms with Gasteiger partial charge in [-0.3, -0.25) is 4.79 Å². The van der Waals surface area contributed by atoms with Gasteiger partial charge in [0, 0.05) is 11.5 Å². The molecule has 2 aromatic carbocycles. The minimum absolute atomic E-state index is 0.283. The fraction of sp³-hybridized carbons (Fsp3) is 0.133. The smallest absolute Gasteiger partial charge is 0.291 e. The molecule has 0 aliphatic carbocycles. The van der Waals surface area contributed by atoms with E-state index in [0.29, 0.717) is 16.5 Å². The fourth-order valence-electron chi connectivity index (χ4n) is 2.36. The second kappa shape index (κ2) is 4.09. The molecule has 1 heterocycles. The van der Waals surface area contributed by atoms with Gasteiger partial charge in [-0.2, -0.15) is 0 Å². The van der Waals surface area contributed by atoms with Crippen molar-refractivity contribution in [2.24, 2.45) is 0 Å². The molecule has 3 nitrogen and oxygen atoms in total. The van der Waals surface area contributed by atoms with Gasteiger partial charge in [0.15, 0.2) is 0 Å².